The van der Waals surface area contributed by atoms with Crippen LogP contribution in [-0.2, 0) is 11.2 Å². The van der Waals surface area contributed by atoms with E-state index >= 15 is 0 Å². The summed E-state index contributed by atoms with van der Waals surface area (Å²) in [6.45, 7) is 6.42. The zero-order chi connectivity index (χ0) is 12.5. The van der Waals surface area contributed by atoms with Gasteiger partial charge in [-0.3, -0.25) is 4.79 Å². The van der Waals surface area contributed by atoms with Gasteiger partial charge in [-0.2, -0.15) is 0 Å². The smallest absolute Gasteiger partial charge is 0.220 e. The van der Waals surface area contributed by atoms with Crippen LogP contribution in [0.3, 0.4) is 0 Å². The Hall–Kier alpha value is -1.31. The SMILES string of the molecule is CCC1(Cc2cc(C)cc(C)c2)CCC(=O)N1. The Kier molecular flexibility index (Phi) is 3.23. The molecule has 0 bridgehead atoms. The highest BCUT2D eigenvalue weighted by molar-refractivity contribution is 5.79. The first kappa shape index (κ1) is 12.2. The molecule has 0 aliphatic carbocycles. The van der Waals surface area contributed by atoms with Crippen molar-refractivity contribution in [2.75, 3.05) is 0 Å². The lowest BCUT2D eigenvalue weighted by Crippen LogP contribution is -2.42. The van der Waals surface area contributed by atoms with E-state index in [1.54, 1.807) is 0 Å². The van der Waals surface area contributed by atoms with Crippen molar-refractivity contribution in [3.05, 3.63) is 34.9 Å². The Bertz CT molecular complexity index is 418. The van der Waals surface area contributed by atoms with Crippen LogP contribution in [0.4, 0.5) is 0 Å². The first-order valence-corrected chi connectivity index (χ1v) is 6.41. The van der Waals surface area contributed by atoms with Crippen LogP contribution in [0.25, 0.3) is 0 Å². The third-order valence-electron chi connectivity index (χ3n) is 3.74. The van der Waals surface area contributed by atoms with Crippen molar-refractivity contribution >= 4 is 5.91 Å². The molecule has 0 aromatic heterocycles. The summed E-state index contributed by atoms with van der Waals surface area (Å²) < 4.78 is 0. The Morgan fingerprint density at radius 2 is 1.88 bits per heavy atom. The largest absolute Gasteiger partial charge is 0.350 e. The van der Waals surface area contributed by atoms with Gasteiger partial charge >= 0.3 is 0 Å². The van der Waals surface area contributed by atoms with E-state index in [0.717, 1.165) is 19.3 Å². The quantitative estimate of drug-likeness (QED) is 0.851. The van der Waals surface area contributed by atoms with Gasteiger partial charge in [-0.05, 0) is 38.7 Å². The molecule has 92 valence electrons. The van der Waals surface area contributed by atoms with Crippen molar-refractivity contribution in [1.82, 2.24) is 5.32 Å². The van der Waals surface area contributed by atoms with Crippen molar-refractivity contribution in [2.24, 2.45) is 0 Å². The summed E-state index contributed by atoms with van der Waals surface area (Å²) >= 11 is 0. The molecule has 2 heteroatoms. The lowest BCUT2D eigenvalue weighted by atomic mass is 9.86. The summed E-state index contributed by atoms with van der Waals surface area (Å²) in [5, 5.41) is 3.17. The lowest BCUT2D eigenvalue weighted by molar-refractivity contribution is -0.119. The summed E-state index contributed by atoms with van der Waals surface area (Å²) in [6, 6.07) is 6.65. The van der Waals surface area contributed by atoms with E-state index in [0.29, 0.717) is 6.42 Å². The van der Waals surface area contributed by atoms with E-state index in [4.69, 9.17) is 0 Å². The molecule has 0 spiro atoms. The van der Waals surface area contributed by atoms with Crippen molar-refractivity contribution in [3.63, 3.8) is 0 Å². The molecular formula is C15H21NO. The zero-order valence-electron chi connectivity index (χ0n) is 11.0. The highest BCUT2D eigenvalue weighted by Gasteiger charge is 2.35. The highest BCUT2D eigenvalue weighted by atomic mass is 16.2. The number of aryl methyl sites for hydroxylation is 2. The van der Waals surface area contributed by atoms with Crippen LogP contribution in [0, 0.1) is 13.8 Å². The first-order chi connectivity index (χ1) is 8.03. The van der Waals surface area contributed by atoms with Gasteiger partial charge in [0.2, 0.25) is 5.91 Å². The minimum absolute atomic E-state index is 0.00266. The standard InChI is InChI=1S/C15H21NO/c1-4-15(6-5-14(17)16-15)10-13-8-11(2)7-12(3)9-13/h7-9H,4-6,10H2,1-3H3,(H,16,17). The van der Waals surface area contributed by atoms with Crippen LogP contribution >= 0.6 is 0 Å². The van der Waals surface area contributed by atoms with Crippen molar-refractivity contribution in [3.8, 4) is 0 Å². The van der Waals surface area contributed by atoms with E-state index in [-0.39, 0.29) is 11.4 Å². The van der Waals surface area contributed by atoms with Gasteiger partial charge in [-0.1, -0.05) is 36.2 Å². The number of carbonyl (C=O) groups is 1. The topological polar surface area (TPSA) is 29.1 Å². The van der Waals surface area contributed by atoms with Crippen LogP contribution in [0.2, 0.25) is 0 Å². The third-order valence-corrected chi connectivity index (χ3v) is 3.74. The Balaban J connectivity index is 2.21. The maximum absolute atomic E-state index is 11.4. The molecule has 17 heavy (non-hydrogen) atoms. The van der Waals surface area contributed by atoms with Gasteiger partial charge in [0.25, 0.3) is 0 Å². The molecule has 1 amide bonds. The Labute approximate surface area is 103 Å². The third kappa shape index (κ3) is 2.68. The number of carbonyl (C=O) groups excluding carboxylic acids is 1. The van der Waals surface area contributed by atoms with Gasteiger partial charge in [0.1, 0.15) is 0 Å². The van der Waals surface area contributed by atoms with Gasteiger partial charge in [-0.15, -0.1) is 0 Å². The zero-order valence-corrected chi connectivity index (χ0v) is 11.0. The number of amides is 1. The maximum Gasteiger partial charge on any atom is 0.220 e. The summed E-state index contributed by atoms with van der Waals surface area (Å²) in [6.07, 6.45) is 3.61. The van der Waals surface area contributed by atoms with E-state index in [1.165, 1.54) is 16.7 Å². The second kappa shape index (κ2) is 4.52. The predicted octanol–water partition coefficient (Wildman–Crippen LogP) is 2.90. The number of rotatable bonds is 3. The van der Waals surface area contributed by atoms with Crippen molar-refractivity contribution in [2.45, 2.75) is 52.0 Å². The van der Waals surface area contributed by atoms with E-state index in [9.17, 15) is 4.79 Å². The molecule has 1 fully saturated rings. The van der Waals surface area contributed by atoms with Gasteiger partial charge in [0.05, 0.1) is 0 Å². The van der Waals surface area contributed by atoms with Crippen LogP contribution in [-0.4, -0.2) is 11.4 Å². The van der Waals surface area contributed by atoms with Crippen molar-refractivity contribution in [1.29, 1.82) is 0 Å². The molecule has 0 radical (unpaired) electrons. The molecular weight excluding hydrogens is 210 g/mol. The molecule has 1 aliphatic rings. The molecule has 1 aromatic rings. The molecule has 1 heterocycles. The summed E-state index contributed by atoms with van der Waals surface area (Å²) in [5.74, 6) is 0.205. The second-order valence-corrected chi connectivity index (χ2v) is 5.35. The molecule has 1 aliphatic heterocycles. The molecule has 2 rings (SSSR count). The van der Waals surface area contributed by atoms with Gasteiger partial charge < -0.3 is 5.32 Å². The minimum atomic E-state index is -0.00266. The molecule has 1 atom stereocenters. The molecule has 1 aromatic carbocycles. The van der Waals surface area contributed by atoms with Gasteiger partial charge in [-0.25, -0.2) is 0 Å². The lowest BCUT2D eigenvalue weighted by Gasteiger charge is -2.28. The van der Waals surface area contributed by atoms with Crippen LogP contribution in [0.5, 0.6) is 0 Å². The molecule has 1 unspecified atom stereocenters. The number of hydrogen-bond donors (Lipinski definition) is 1. The monoisotopic (exact) mass is 231 g/mol. The van der Waals surface area contributed by atoms with E-state index in [1.807, 2.05) is 0 Å². The highest BCUT2D eigenvalue weighted by Crippen LogP contribution is 2.28. The second-order valence-electron chi connectivity index (χ2n) is 5.35. The molecule has 0 saturated carbocycles. The normalized spacial score (nSPS) is 23.8. The minimum Gasteiger partial charge on any atom is -0.350 e. The maximum atomic E-state index is 11.4. The summed E-state index contributed by atoms with van der Waals surface area (Å²) in [5.41, 5.74) is 3.94. The fourth-order valence-electron chi connectivity index (χ4n) is 2.86. The fraction of sp³-hybridized carbons (Fsp3) is 0.533. The van der Waals surface area contributed by atoms with Crippen LogP contribution < -0.4 is 5.32 Å². The van der Waals surface area contributed by atoms with Crippen LogP contribution in [0.1, 0.15) is 42.9 Å². The number of hydrogen-bond acceptors (Lipinski definition) is 1. The van der Waals surface area contributed by atoms with Gasteiger partial charge in [0, 0.05) is 12.0 Å². The Morgan fingerprint density at radius 1 is 1.24 bits per heavy atom. The van der Waals surface area contributed by atoms with Gasteiger partial charge in [0.15, 0.2) is 0 Å². The molecule has 1 saturated heterocycles. The average molecular weight is 231 g/mol. The predicted molar refractivity (Wildman–Crippen MR) is 70.0 cm³/mol. The van der Waals surface area contributed by atoms with E-state index in [2.05, 4.69) is 44.3 Å². The Morgan fingerprint density at radius 3 is 2.35 bits per heavy atom. The summed E-state index contributed by atoms with van der Waals surface area (Å²) in [4.78, 5) is 11.4. The summed E-state index contributed by atoms with van der Waals surface area (Å²) in [7, 11) is 0. The number of nitrogens with one attached hydrogen (secondary N) is 1. The number of benzene rings is 1. The van der Waals surface area contributed by atoms with Crippen molar-refractivity contribution < 1.29 is 4.79 Å². The van der Waals surface area contributed by atoms with Crippen LogP contribution in [0.15, 0.2) is 18.2 Å². The first-order valence-electron chi connectivity index (χ1n) is 6.41. The molecule has 1 N–H and O–H groups in total. The average Bonchev–Trinajstić information content (AvgIpc) is 2.59. The molecule has 2 nitrogen and oxygen atoms in total. The fourth-order valence-corrected chi connectivity index (χ4v) is 2.86. The van der Waals surface area contributed by atoms with E-state index < -0.39 is 0 Å².